The first-order chi connectivity index (χ1) is 7.17. The highest BCUT2D eigenvalue weighted by Gasteiger charge is 2.16. The number of aliphatic carboxylic acids is 1. The monoisotopic (exact) mass is 222 g/mol. The molecule has 1 heterocycles. The molecule has 0 bridgehead atoms. The van der Waals surface area contributed by atoms with Crippen LogP contribution in [-0.4, -0.2) is 21.3 Å². The Kier molecular flexibility index (Phi) is 4.13. The summed E-state index contributed by atoms with van der Waals surface area (Å²) < 4.78 is 0. The minimum Gasteiger partial charge on any atom is -0.480 e. The maximum Gasteiger partial charge on any atom is 0.316 e. The van der Waals surface area contributed by atoms with E-state index >= 15 is 0 Å². The maximum absolute atomic E-state index is 10.8. The number of aromatic nitrogens is 1. The van der Waals surface area contributed by atoms with Crippen molar-refractivity contribution in [3.63, 3.8) is 0 Å². The van der Waals surface area contributed by atoms with Gasteiger partial charge in [-0.1, -0.05) is 6.92 Å². The number of hydrogen-bond acceptors (Lipinski definition) is 4. The Morgan fingerprint density at radius 3 is 3.07 bits per heavy atom. The normalized spacial score (nSPS) is 11.7. The smallest absolute Gasteiger partial charge is 0.316 e. The number of hydrogen-bond donors (Lipinski definition) is 1. The Bertz CT molecular complexity index is 401. The molecule has 1 aromatic rings. The molecule has 1 aromatic heterocycles. The summed E-state index contributed by atoms with van der Waals surface area (Å²) in [7, 11) is 0. The summed E-state index contributed by atoms with van der Waals surface area (Å²) in [6, 6.07) is 5.21. The van der Waals surface area contributed by atoms with E-state index in [1.54, 1.807) is 12.1 Å². The molecular formula is C10H10N2O2S. The molecule has 1 unspecified atom stereocenters. The van der Waals surface area contributed by atoms with Gasteiger partial charge in [-0.25, -0.2) is 4.98 Å². The summed E-state index contributed by atoms with van der Waals surface area (Å²) in [5.41, 5.74) is 0.306. The molecule has 1 rings (SSSR count). The van der Waals surface area contributed by atoms with Crippen LogP contribution in [0.15, 0.2) is 23.2 Å². The van der Waals surface area contributed by atoms with Crippen LogP contribution in [0.3, 0.4) is 0 Å². The van der Waals surface area contributed by atoms with Crippen LogP contribution < -0.4 is 0 Å². The van der Waals surface area contributed by atoms with E-state index in [0.717, 1.165) is 4.90 Å². The van der Waals surface area contributed by atoms with Crippen LogP contribution in [0.1, 0.15) is 19.0 Å². The fourth-order valence-electron chi connectivity index (χ4n) is 1.02. The molecule has 0 saturated heterocycles. The van der Waals surface area contributed by atoms with Crippen molar-refractivity contribution in [1.29, 1.82) is 5.26 Å². The molecule has 4 nitrogen and oxygen atoms in total. The molecule has 0 fully saturated rings. The van der Waals surface area contributed by atoms with Crippen LogP contribution in [0.2, 0.25) is 0 Å². The zero-order valence-corrected chi connectivity index (χ0v) is 8.99. The van der Waals surface area contributed by atoms with E-state index in [1.807, 2.05) is 13.0 Å². The van der Waals surface area contributed by atoms with Crippen molar-refractivity contribution < 1.29 is 9.90 Å². The average molecular weight is 222 g/mol. The van der Waals surface area contributed by atoms with Crippen LogP contribution in [-0.2, 0) is 4.79 Å². The highest BCUT2D eigenvalue weighted by molar-refractivity contribution is 8.00. The van der Waals surface area contributed by atoms with E-state index in [1.165, 1.54) is 18.0 Å². The van der Waals surface area contributed by atoms with Crippen molar-refractivity contribution in [2.24, 2.45) is 0 Å². The highest BCUT2D eigenvalue weighted by atomic mass is 32.2. The van der Waals surface area contributed by atoms with Gasteiger partial charge in [0, 0.05) is 11.1 Å². The van der Waals surface area contributed by atoms with Crippen molar-refractivity contribution in [2.45, 2.75) is 23.5 Å². The molecule has 0 radical (unpaired) electrons. The Morgan fingerprint density at radius 1 is 1.80 bits per heavy atom. The Hall–Kier alpha value is -1.54. The lowest BCUT2D eigenvalue weighted by molar-refractivity contribution is -0.136. The number of pyridine rings is 1. The SMILES string of the molecule is CCC(Sc1ccnc(C#N)c1)C(=O)O. The molecule has 1 atom stereocenters. The zero-order chi connectivity index (χ0) is 11.3. The summed E-state index contributed by atoms with van der Waals surface area (Å²) in [5.74, 6) is -0.835. The molecule has 0 amide bonds. The van der Waals surface area contributed by atoms with Crippen LogP contribution in [0.4, 0.5) is 0 Å². The summed E-state index contributed by atoms with van der Waals surface area (Å²) >= 11 is 1.24. The number of carbonyl (C=O) groups is 1. The molecule has 0 aromatic carbocycles. The van der Waals surface area contributed by atoms with Crippen molar-refractivity contribution in [2.75, 3.05) is 0 Å². The number of carboxylic acid groups (broad SMARTS) is 1. The van der Waals surface area contributed by atoms with Crippen LogP contribution >= 0.6 is 11.8 Å². The Labute approximate surface area is 91.9 Å². The van der Waals surface area contributed by atoms with Gasteiger partial charge in [0.2, 0.25) is 0 Å². The molecule has 78 valence electrons. The molecule has 15 heavy (non-hydrogen) atoms. The zero-order valence-electron chi connectivity index (χ0n) is 8.17. The van der Waals surface area contributed by atoms with Crippen LogP contribution in [0.5, 0.6) is 0 Å². The largest absolute Gasteiger partial charge is 0.480 e. The average Bonchev–Trinajstić information content (AvgIpc) is 2.25. The van der Waals surface area contributed by atoms with Gasteiger partial charge in [-0.05, 0) is 18.6 Å². The van der Waals surface area contributed by atoms with E-state index in [-0.39, 0.29) is 0 Å². The number of nitriles is 1. The Balaban J connectivity index is 2.80. The lowest BCUT2D eigenvalue weighted by atomic mass is 10.3. The van der Waals surface area contributed by atoms with Gasteiger partial charge in [-0.2, -0.15) is 5.26 Å². The fourth-order valence-corrected chi connectivity index (χ4v) is 1.93. The summed E-state index contributed by atoms with van der Waals surface area (Å²) in [6.45, 7) is 1.82. The Morgan fingerprint density at radius 2 is 2.53 bits per heavy atom. The van der Waals surface area contributed by atoms with Crippen molar-refractivity contribution in [3.05, 3.63) is 24.0 Å². The van der Waals surface area contributed by atoms with E-state index in [9.17, 15) is 4.79 Å². The van der Waals surface area contributed by atoms with Gasteiger partial charge in [0.1, 0.15) is 17.0 Å². The minimum atomic E-state index is -0.835. The van der Waals surface area contributed by atoms with Crippen molar-refractivity contribution >= 4 is 17.7 Å². The highest BCUT2D eigenvalue weighted by Crippen LogP contribution is 2.25. The lowest BCUT2D eigenvalue weighted by Crippen LogP contribution is -2.14. The third-order valence-corrected chi connectivity index (χ3v) is 3.12. The molecule has 0 aliphatic carbocycles. The van der Waals surface area contributed by atoms with Gasteiger partial charge in [0.15, 0.2) is 0 Å². The van der Waals surface area contributed by atoms with Gasteiger partial charge in [-0.3, -0.25) is 4.79 Å². The van der Waals surface area contributed by atoms with E-state index < -0.39 is 11.2 Å². The molecule has 5 heteroatoms. The second-order valence-corrected chi connectivity index (χ2v) is 4.12. The van der Waals surface area contributed by atoms with Crippen LogP contribution in [0, 0.1) is 11.3 Å². The minimum absolute atomic E-state index is 0.306. The van der Waals surface area contributed by atoms with Crippen LogP contribution in [0.25, 0.3) is 0 Å². The van der Waals surface area contributed by atoms with E-state index in [2.05, 4.69) is 4.98 Å². The van der Waals surface area contributed by atoms with Gasteiger partial charge in [0.05, 0.1) is 0 Å². The second-order valence-electron chi connectivity index (χ2n) is 2.84. The van der Waals surface area contributed by atoms with Gasteiger partial charge >= 0.3 is 5.97 Å². The molecule has 0 aliphatic heterocycles. The quantitative estimate of drug-likeness (QED) is 0.787. The first-order valence-electron chi connectivity index (χ1n) is 4.43. The number of thioether (sulfide) groups is 1. The lowest BCUT2D eigenvalue weighted by Gasteiger charge is -2.08. The van der Waals surface area contributed by atoms with E-state index in [0.29, 0.717) is 12.1 Å². The van der Waals surface area contributed by atoms with Crippen molar-refractivity contribution in [3.8, 4) is 6.07 Å². The van der Waals surface area contributed by atoms with Crippen molar-refractivity contribution in [1.82, 2.24) is 4.98 Å². The molecule has 0 saturated carbocycles. The van der Waals surface area contributed by atoms with Gasteiger partial charge in [-0.15, -0.1) is 11.8 Å². The number of rotatable bonds is 4. The van der Waals surface area contributed by atoms with E-state index in [4.69, 9.17) is 10.4 Å². The fraction of sp³-hybridized carbons (Fsp3) is 0.300. The third-order valence-electron chi connectivity index (χ3n) is 1.77. The third kappa shape index (κ3) is 3.26. The number of nitrogens with zero attached hydrogens (tertiary/aromatic N) is 2. The number of carboxylic acids is 1. The topological polar surface area (TPSA) is 74.0 Å². The molecular weight excluding hydrogens is 212 g/mol. The summed E-state index contributed by atoms with van der Waals surface area (Å²) in [4.78, 5) is 15.4. The molecule has 0 aliphatic rings. The standard InChI is InChI=1S/C10H10N2O2S/c1-2-9(10(13)14)15-8-3-4-12-7(5-8)6-11/h3-5,9H,2H2,1H3,(H,13,14). The summed E-state index contributed by atoms with van der Waals surface area (Å²) in [5, 5.41) is 17.0. The second kappa shape index (κ2) is 5.37. The van der Waals surface area contributed by atoms with Gasteiger partial charge < -0.3 is 5.11 Å². The predicted octanol–water partition coefficient (Wildman–Crippen LogP) is 1.91. The molecule has 0 spiro atoms. The maximum atomic E-state index is 10.8. The molecule has 1 N–H and O–H groups in total. The predicted molar refractivity (Wildman–Crippen MR) is 56.5 cm³/mol. The first kappa shape index (κ1) is 11.5. The van der Waals surface area contributed by atoms with Gasteiger partial charge in [0.25, 0.3) is 0 Å². The first-order valence-corrected chi connectivity index (χ1v) is 5.31. The summed E-state index contributed by atoms with van der Waals surface area (Å²) in [6.07, 6.45) is 2.06.